The molecular weight excluding hydrogens is 362 g/mol. The number of benzene rings is 2. The van der Waals surface area contributed by atoms with Crippen molar-refractivity contribution >= 4 is 16.8 Å². The molecule has 0 aliphatic heterocycles. The third-order valence-corrected chi connectivity index (χ3v) is 4.74. The summed E-state index contributed by atoms with van der Waals surface area (Å²) in [6, 6.07) is 10.7. The van der Waals surface area contributed by atoms with Crippen LogP contribution in [0.4, 0.5) is 8.78 Å². The van der Waals surface area contributed by atoms with E-state index in [1.807, 2.05) is 18.2 Å². The third-order valence-electron chi connectivity index (χ3n) is 4.74. The highest BCUT2D eigenvalue weighted by molar-refractivity contribution is 6.00. The summed E-state index contributed by atoms with van der Waals surface area (Å²) in [6.45, 7) is 4.01. The quantitative estimate of drug-likeness (QED) is 0.615. The molecule has 6 heteroatoms. The first kappa shape index (κ1) is 18.2. The zero-order valence-electron chi connectivity index (χ0n) is 15.3. The molecule has 0 bridgehead atoms. The second-order valence-electron chi connectivity index (χ2n) is 6.89. The number of nitrogens with one attached hydrogen (secondary N) is 1. The number of fused-ring (bicyclic) bond motifs is 1. The van der Waals surface area contributed by atoms with E-state index >= 15 is 0 Å². The van der Waals surface area contributed by atoms with Crippen LogP contribution in [0.15, 0.2) is 55.1 Å². The SMILES string of the molecule is C=CCOc1cccc2c1cc(C(=O)NC1CC1)n2Cc1cc(F)ccc1F. The number of hydrogen-bond donors (Lipinski definition) is 1. The Bertz CT molecular complexity index is 1050. The van der Waals surface area contributed by atoms with Gasteiger partial charge >= 0.3 is 0 Å². The highest BCUT2D eigenvalue weighted by Gasteiger charge is 2.26. The highest BCUT2D eigenvalue weighted by atomic mass is 19.1. The monoisotopic (exact) mass is 382 g/mol. The number of hydrogen-bond acceptors (Lipinski definition) is 2. The van der Waals surface area contributed by atoms with Gasteiger partial charge in [-0.25, -0.2) is 8.78 Å². The number of ether oxygens (including phenoxy) is 1. The second-order valence-corrected chi connectivity index (χ2v) is 6.89. The van der Waals surface area contributed by atoms with Crippen LogP contribution in [0.3, 0.4) is 0 Å². The van der Waals surface area contributed by atoms with Crippen LogP contribution in [0.25, 0.3) is 10.9 Å². The Balaban J connectivity index is 1.82. The van der Waals surface area contributed by atoms with Crippen molar-refractivity contribution in [1.29, 1.82) is 0 Å². The number of rotatable bonds is 7. The van der Waals surface area contributed by atoms with Crippen molar-refractivity contribution in [2.24, 2.45) is 0 Å². The lowest BCUT2D eigenvalue weighted by molar-refractivity contribution is 0.0942. The van der Waals surface area contributed by atoms with Gasteiger partial charge in [0.05, 0.1) is 12.1 Å². The summed E-state index contributed by atoms with van der Waals surface area (Å²) < 4.78 is 35.3. The van der Waals surface area contributed by atoms with Crippen molar-refractivity contribution in [2.75, 3.05) is 6.61 Å². The average molecular weight is 382 g/mol. The van der Waals surface area contributed by atoms with Crippen LogP contribution in [-0.4, -0.2) is 23.1 Å². The minimum Gasteiger partial charge on any atom is -0.489 e. The average Bonchev–Trinajstić information content (AvgIpc) is 3.42. The maximum atomic E-state index is 14.2. The van der Waals surface area contributed by atoms with E-state index in [0.29, 0.717) is 23.6 Å². The molecule has 1 saturated carbocycles. The number of nitrogens with zero attached hydrogens (tertiary/aromatic N) is 1. The molecule has 0 unspecified atom stereocenters. The molecule has 0 saturated heterocycles. The number of halogens is 2. The van der Waals surface area contributed by atoms with Crippen molar-refractivity contribution in [2.45, 2.75) is 25.4 Å². The van der Waals surface area contributed by atoms with Crippen molar-refractivity contribution in [3.8, 4) is 5.75 Å². The van der Waals surface area contributed by atoms with Crippen LogP contribution in [0.1, 0.15) is 28.9 Å². The van der Waals surface area contributed by atoms with Gasteiger partial charge in [0, 0.05) is 17.0 Å². The topological polar surface area (TPSA) is 43.3 Å². The van der Waals surface area contributed by atoms with Crippen molar-refractivity contribution in [3.05, 3.63) is 78.0 Å². The molecule has 0 spiro atoms. The molecule has 0 radical (unpaired) electrons. The van der Waals surface area contributed by atoms with E-state index in [4.69, 9.17) is 4.74 Å². The van der Waals surface area contributed by atoms with E-state index in [0.717, 1.165) is 36.4 Å². The van der Waals surface area contributed by atoms with Gasteiger partial charge < -0.3 is 14.6 Å². The molecule has 4 nitrogen and oxygen atoms in total. The summed E-state index contributed by atoms with van der Waals surface area (Å²) in [4.78, 5) is 12.8. The molecule has 28 heavy (non-hydrogen) atoms. The van der Waals surface area contributed by atoms with Crippen LogP contribution in [0.5, 0.6) is 5.75 Å². The van der Waals surface area contributed by atoms with Gasteiger partial charge in [0.25, 0.3) is 5.91 Å². The molecule has 1 aliphatic rings. The van der Waals surface area contributed by atoms with Crippen LogP contribution in [0.2, 0.25) is 0 Å². The minimum atomic E-state index is -0.521. The first-order chi connectivity index (χ1) is 13.6. The first-order valence-electron chi connectivity index (χ1n) is 9.17. The summed E-state index contributed by atoms with van der Waals surface area (Å²) in [6.07, 6.45) is 3.55. The zero-order chi connectivity index (χ0) is 19.7. The maximum absolute atomic E-state index is 14.2. The van der Waals surface area contributed by atoms with E-state index < -0.39 is 11.6 Å². The van der Waals surface area contributed by atoms with Gasteiger partial charge in [-0.15, -0.1) is 0 Å². The Labute approximate surface area is 161 Å². The summed E-state index contributed by atoms with van der Waals surface area (Å²) in [5, 5.41) is 3.70. The van der Waals surface area contributed by atoms with Crippen molar-refractivity contribution < 1.29 is 18.3 Å². The Morgan fingerprint density at radius 3 is 2.82 bits per heavy atom. The normalized spacial score (nSPS) is 13.5. The largest absolute Gasteiger partial charge is 0.489 e. The Morgan fingerprint density at radius 2 is 2.07 bits per heavy atom. The lowest BCUT2D eigenvalue weighted by atomic mass is 10.2. The second kappa shape index (κ2) is 7.46. The van der Waals surface area contributed by atoms with E-state index in [2.05, 4.69) is 11.9 Å². The number of aromatic nitrogens is 1. The molecule has 1 aromatic heterocycles. The predicted octanol–water partition coefficient (Wildman–Crippen LogP) is 4.42. The fourth-order valence-electron chi connectivity index (χ4n) is 3.21. The molecule has 1 amide bonds. The zero-order valence-corrected chi connectivity index (χ0v) is 15.3. The van der Waals surface area contributed by atoms with Crippen LogP contribution in [-0.2, 0) is 6.54 Å². The number of carbonyl (C=O) groups is 1. The molecular formula is C22H20F2N2O2. The lowest BCUT2D eigenvalue weighted by Gasteiger charge is -2.12. The minimum absolute atomic E-state index is 0.0332. The van der Waals surface area contributed by atoms with Gasteiger partial charge in [0.2, 0.25) is 0 Å². The fraction of sp³-hybridized carbons (Fsp3) is 0.227. The van der Waals surface area contributed by atoms with Gasteiger partial charge in [-0.3, -0.25) is 4.79 Å². The van der Waals surface area contributed by atoms with Crippen LogP contribution >= 0.6 is 0 Å². The number of amides is 1. The molecule has 1 heterocycles. The molecule has 1 N–H and O–H groups in total. The van der Waals surface area contributed by atoms with E-state index in [1.165, 1.54) is 0 Å². The molecule has 3 aromatic rings. The molecule has 1 aliphatic carbocycles. The van der Waals surface area contributed by atoms with E-state index in [1.54, 1.807) is 16.7 Å². The summed E-state index contributed by atoms with van der Waals surface area (Å²) in [5.74, 6) is -0.663. The highest BCUT2D eigenvalue weighted by Crippen LogP contribution is 2.31. The van der Waals surface area contributed by atoms with Crippen molar-refractivity contribution in [1.82, 2.24) is 9.88 Å². The summed E-state index contributed by atoms with van der Waals surface area (Å²) in [5.41, 5.74) is 1.28. The summed E-state index contributed by atoms with van der Waals surface area (Å²) in [7, 11) is 0. The molecule has 2 aromatic carbocycles. The molecule has 0 atom stereocenters. The van der Waals surface area contributed by atoms with Gasteiger partial charge in [-0.2, -0.15) is 0 Å². The predicted molar refractivity (Wildman–Crippen MR) is 104 cm³/mol. The standard InChI is InChI=1S/C22H20F2N2O2/c1-2-10-28-21-5-3-4-19-17(21)12-20(22(27)25-16-7-8-16)26(19)13-14-11-15(23)6-9-18(14)24/h2-6,9,11-12,16H,1,7-8,10,13H2,(H,25,27). The Morgan fingerprint density at radius 1 is 1.25 bits per heavy atom. The summed E-state index contributed by atoms with van der Waals surface area (Å²) >= 11 is 0. The van der Waals surface area contributed by atoms with Gasteiger partial charge in [0.1, 0.15) is 29.7 Å². The van der Waals surface area contributed by atoms with Gasteiger partial charge in [-0.05, 0) is 49.2 Å². The first-order valence-corrected chi connectivity index (χ1v) is 9.17. The smallest absolute Gasteiger partial charge is 0.268 e. The Hall–Kier alpha value is -3.15. The lowest BCUT2D eigenvalue weighted by Crippen LogP contribution is -2.27. The third kappa shape index (κ3) is 3.63. The van der Waals surface area contributed by atoms with Crippen molar-refractivity contribution in [3.63, 3.8) is 0 Å². The number of carbonyl (C=O) groups excluding carboxylic acids is 1. The molecule has 1 fully saturated rings. The van der Waals surface area contributed by atoms with E-state index in [-0.39, 0.29) is 24.1 Å². The fourth-order valence-corrected chi connectivity index (χ4v) is 3.21. The van der Waals surface area contributed by atoms with Crippen LogP contribution < -0.4 is 10.1 Å². The molecule has 144 valence electrons. The maximum Gasteiger partial charge on any atom is 0.268 e. The molecule has 4 rings (SSSR count). The van der Waals surface area contributed by atoms with E-state index in [9.17, 15) is 13.6 Å². The Kier molecular flexibility index (Phi) is 4.86. The van der Waals surface area contributed by atoms with Gasteiger partial charge in [0.15, 0.2) is 0 Å². The van der Waals surface area contributed by atoms with Gasteiger partial charge in [-0.1, -0.05) is 18.7 Å². The van der Waals surface area contributed by atoms with Crippen LogP contribution in [0, 0.1) is 11.6 Å².